The normalized spacial score (nSPS) is 11.5. The minimum absolute atomic E-state index is 0.121. The smallest absolute Gasteiger partial charge is 0.126 e. The fourth-order valence-electron chi connectivity index (χ4n) is 1.38. The van der Waals surface area contributed by atoms with Crippen molar-refractivity contribution < 1.29 is 0 Å². The lowest BCUT2D eigenvalue weighted by atomic mass is 9.95. The van der Waals surface area contributed by atoms with Crippen LogP contribution in [0, 0.1) is 6.92 Å². The molecule has 0 atom stereocenters. The molecule has 3 N–H and O–H groups in total. The first-order valence-corrected chi connectivity index (χ1v) is 5.52. The fourth-order valence-corrected chi connectivity index (χ4v) is 1.38. The van der Waals surface area contributed by atoms with Gasteiger partial charge < -0.3 is 11.1 Å². The second kappa shape index (κ2) is 4.51. The Morgan fingerprint density at radius 2 is 1.93 bits per heavy atom. The molecule has 0 spiro atoms. The summed E-state index contributed by atoms with van der Waals surface area (Å²) >= 11 is 0. The number of nitrogens with one attached hydrogen (secondary N) is 1. The summed E-state index contributed by atoms with van der Waals surface area (Å²) < 4.78 is 0. The average molecular weight is 207 g/mol. The van der Waals surface area contributed by atoms with Crippen molar-refractivity contribution in [1.82, 2.24) is 4.98 Å². The number of anilines is 2. The predicted octanol–water partition coefficient (Wildman–Crippen LogP) is 2.96. The van der Waals surface area contributed by atoms with E-state index in [0.29, 0.717) is 0 Å². The van der Waals surface area contributed by atoms with Crippen LogP contribution in [0.5, 0.6) is 0 Å². The summed E-state index contributed by atoms with van der Waals surface area (Å²) in [4.78, 5) is 4.42. The van der Waals surface area contributed by atoms with E-state index in [4.69, 9.17) is 5.73 Å². The van der Waals surface area contributed by atoms with E-state index in [-0.39, 0.29) is 5.54 Å². The van der Waals surface area contributed by atoms with Crippen LogP contribution in [-0.4, -0.2) is 10.5 Å². The van der Waals surface area contributed by atoms with Gasteiger partial charge in [-0.2, -0.15) is 0 Å². The second-order valence-corrected chi connectivity index (χ2v) is 4.26. The van der Waals surface area contributed by atoms with Gasteiger partial charge in [0.05, 0.1) is 11.4 Å². The third-order valence-electron chi connectivity index (χ3n) is 3.12. The van der Waals surface area contributed by atoms with Gasteiger partial charge in [0.25, 0.3) is 0 Å². The highest BCUT2D eigenvalue weighted by Crippen LogP contribution is 2.21. The molecule has 0 amide bonds. The molecule has 0 aliphatic carbocycles. The first kappa shape index (κ1) is 11.8. The molecule has 15 heavy (non-hydrogen) atoms. The zero-order chi connectivity index (χ0) is 11.5. The van der Waals surface area contributed by atoms with Crippen molar-refractivity contribution in [2.75, 3.05) is 11.1 Å². The van der Waals surface area contributed by atoms with Gasteiger partial charge in [-0.25, -0.2) is 4.98 Å². The molecule has 0 saturated heterocycles. The van der Waals surface area contributed by atoms with E-state index in [9.17, 15) is 0 Å². The zero-order valence-electron chi connectivity index (χ0n) is 10.1. The standard InChI is InChI=1S/C12H21N3/c1-5-12(4,6-2)15-11-8-7-10(13)9(3)14-11/h7-8H,5-6,13H2,1-4H3,(H,14,15). The molecule has 0 radical (unpaired) electrons. The van der Waals surface area contributed by atoms with E-state index in [1.54, 1.807) is 0 Å². The molecule has 1 rings (SSSR count). The van der Waals surface area contributed by atoms with Crippen LogP contribution in [0.15, 0.2) is 12.1 Å². The number of nitrogens with zero attached hydrogens (tertiary/aromatic N) is 1. The second-order valence-electron chi connectivity index (χ2n) is 4.26. The van der Waals surface area contributed by atoms with E-state index in [0.717, 1.165) is 30.0 Å². The van der Waals surface area contributed by atoms with Gasteiger partial charge in [0.15, 0.2) is 0 Å². The van der Waals surface area contributed by atoms with Crippen LogP contribution in [0.2, 0.25) is 0 Å². The molecular weight excluding hydrogens is 186 g/mol. The van der Waals surface area contributed by atoms with Crippen LogP contribution >= 0.6 is 0 Å². The molecule has 0 aromatic carbocycles. The number of nitrogens with two attached hydrogens (primary N) is 1. The summed E-state index contributed by atoms with van der Waals surface area (Å²) in [5, 5.41) is 3.46. The molecule has 3 nitrogen and oxygen atoms in total. The highest BCUT2D eigenvalue weighted by Gasteiger charge is 2.19. The summed E-state index contributed by atoms with van der Waals surface area (Å²) in [7, 11) is 0. The number of nitrogen functional groups attached to an aromatic ring is 1. The van der Waals surface area contributed by atoms with E-state index < -0.39 is 0 Å². The monoisotopic (exact) mass is 207 g/mol. The molecule has 1 aromatic rings. The minimum atomic E-state index is 0.121. The fraction of sp³-hybridized carbons (Fsp3) is 0.583. The van der Waals surface area contributed by atoms with Crippen LogP contribution in [0.4, 0.5) is 11.5 Å². The molecule has 0 aliphatic heterocycles. The molecule has 0 unspecified atom stereocenters. The summed E-state index contributed by atoms with van der Waals surface area (Å²) in [6.07, 6.45) is 2.16. The molecule has 3 heteroatoms. The molecule has 0 fully saturated rings. The van der Waals surface area contributed by atoms with Crippen molar-refractivity contribution in [3.8, 4) is 0 Å². The van der Waals surface area contributed by atoms with E-state index in [2.05, 4.69) is 31.1 Å². The first-order valence-electron chi connectivity index (χ1n) is 5.52. The average Bonchev–Trinajstić information content (AvgIpc) is 2.23. The number of aromatic nitrogens is 1. The van der Waals surface area contributed by atoms with Gasteiger partial charge in [0.2, 0.25) is 0 Å². The van der Waals surface area contributed by atoms with Crippen molar-refractivity contribution >= 4 is 11.5 Å². The first-order chi connectivity index (χ1) is 7.00. The lowest BCUT2D eigenvalue weighted by molar-refractivity contribution is 0.476. The van der Waals surface area contributed by atoms with Gasteiger partial charge in [-0.05, 0) is 38.8 Å². The lowest BCUT2D eigenvalue weighted by Gasteiger charge is -2.29. The summed E-state index contributed by atoms with van der Waals surface area (Å²) in [5.74, 6) is 0.910. The largest absolute Gasteiger partial charge is 0.397 e. The highest BCUT2D eigenvalue weighted by molar-refractivity contribution is 5.49. The van der Waals surface area contributed by atoms with Crippen molar-refractivity contribution in [1.29, 1.82) is 0 Å². The SMILES string of the molecule is CCC(C)(CC)Nc1ccc(N)c(C)n1. The van der Waals surface area contributed by atoms with Crippen LogP contribution < -0.4 is 11.1 Å². The summed E-state index contributed by atoms with van der Waals surface area (Å²) in [5.41, 5.74) is 7.48. The Hall–Kier alpha value is -1.25. The lowest BCUT2D eigenvalue weighted by Crippen LogP contribution is -2.33. The van der Waals surface area contributed by atoms with Crippen LogP contribution in [0.3, 0.4) is 0 Å². The van der Waals surface area contributed by atoms with E-state index in [1.165, 1.54) is 0 Å². The third-order valence-corrected chi connectivity index (χ3v) is 3.12. The van der Waals surface area contributed by atoms with E-state index in [1.807, 2.05) is 19.1 Å². The maximum absolute atomic E-state index is 5.73. The Balaban J connectivity index is 2.85. The van der Waals surface area contributed by atoms with Crippen molar-refractivity contribution in [2.24, 2.45) is 0 Å². The molecular formula is C12H21N3. The molecule has 1 heterocycles. The Morgan fingerprint density at radius 1 is 1.33 bits per heavy atom. The van der Waals surface area contributed by atoms with Gasteiger partial charge in [0, 0.05) is 5.54 Å². The van der Waals surface area contributed by atoms with Crippen molar-refractivity contribution in [3.05, 3.63) is 17.8 Å². The summed E-state index contributed by atoms with van der Waals surface area (Å²) in [6.45, 7) is 8.50. The van der Waals surface area contributed by atoms with Gasteiger partial charge in [0.1, 0.15) is 5.82 Å². The highest BCUT2D eigenvalue weighted by atomic mass is 15.1. The van der Waals surface area contributed by atoms with Gasteiger partial charge in [-0.1, -0.05) is 13.8 Å². The van der Waals surface area contributed by atoms with Crippen LogP contribution in [0.1, 0.15) is 39.3 Å². The van der Waals surface area contributed by atoms with Crippen LogP contribution in [0.25, 0.3) is 0 Å². The van der Waals surface area contributed by atoms with Crippen molar-refractivity contribution in [2.45, 2.75) is 46.1 Å². The Labute approximate surface area is 92.1 Å². The summed E-state index contributed by atoms with van der Waals surface area (Å²) in [6, 6.07) is 3.84. The minimum Gasteiger partial charge on any atom is -0.397 e. The van der Waals surface area contributed by atoms with Gasteiger partial charge in [-0.15, -0.1) is 0 Å². The predicted molar refractivity (Wildman–Crippen MR) is 66.0 cm³/mol. The Bertz CT molecular complexity index is 330. The zero-order valence-corrected chi connectivity index (χ0v) is 10.1. The molecule has 84 valence electrons. The van der Waals surface area contributed by atoms with Crippen LogP contribution in [-0.2, 0) is 0 Å². The topological polar surface area (TPSA) is 50.9 Å². The van der Waals surface area contributed by atoms with Gasteiger partial charge in [-0.3, -0.25) is 0 Å². The quantitative estimate of drug-likeness (QED) is 0.798. The Morgan fingerprint density at radius 3 is 2.40 bits per heavy atom. The Kier molecular flexibility index (Phi) is 3.56. The number of pyridine rings is 1. The molecule has 1 aromatic heterocycles. The molecule has 0 aliphatic rings. The van der Waals surface area contributed by atoms with Crippen molar-refractivity contribution in [3.63, 3.8) is 0 Å². The maximum Gasteiger partial charge on any atom is 0.126 e. The molecule has 0 bridgehead atoms. The number of hydrogen-bond donors (Lipinski definition) is 2. The number of hydrogen-bond acceptors (Lipinski definition) is 3. The number of rotatable bonds is 4. The molecule has 0 saturated carbocycles. The van der Waals surface area contributed by atoms with Gasteiger partial charge >= 0.3 is 0 Å². The third kappa shape index (κ3) is 2.85. The van der Waals surface area contributed by atoms with E-state index >= 15 is 0 Å². The number of aryl methyl sites for hydroxylation is 1. The maximum atomic E-state index is 5.73.